The zero-order chi connectivity index (χ0) is 15.6. The summed E-state index contributed by atoms with van der Waals surface area (Å²) in [4.78, 5) is 12.0. The fourth-order valence-corrected chi connectivity index (χ4v) is 2.37. The molecule has 0 aliphatic carbocycles. The van der Waals surface area contributed by atoms with E-state index in [9.17, 15) is 4.79 Å². The molecule has 1 amide bonds. The Kier molecular flexibility index (Phi) is 3.30. The summed E-state index contributed by atoms with van der Waals surface area (Å²) in [5.74, 6) is 2.53. The van der Waals surface area contributed by atoms with Crippen LogP contribution in [0.5, 0.6) is 23.0 Å². The van der Waals surface area contributed by atoms with E-state index in [1.54, 1.807) is 30.3 Å². The summed E-state index contributed by atoms with van der Waals surface area (Å²) in [5.41, 5.74) is 1.45. The van der Waals surface area contributed by atoms with Gasteiger partial charge in [-0.2, -0.15) is 0 Å². The predicted molar refractivity (Wildman–Crippen MR) is 82.2 cm³/mol. The van der Waals surface area contributed by atoms with E-state index in [0.29, 0.717) is 28.7 Å². The number of hydrogen-bond donors (Lipinski definition) is 2. The molecule has 0 fully saturated rings. The summed E-state index contributed by atoms with van der Waals surface area (Å²) in [6.45, 7) is 0.565. The van der Waals surface area contributed by atoms with E-state index >= 15 is 0 Å². The number of nitrogens with one attached hydrogen (secondary N) is 2. The normalized spacial score (nSPS) is 13.7. The minimum absolute atomic E-state index is 0.133. The van der Waals surface area contributed by atoms with Gasteiger partial charge in [-0.1, -0.05) is 0 Å². The lowest BCUT2D eigenvalue weighted by molar-refractivity contribution is -0.114. The highest BCUT2D eigenvalue weighted by Crippen LogP contribution is 2.35. The summed E-state index contributed by atoms with van der Waals surface area (Å²) in [6, 6.07) is 10.7. The summed E-state index contributed by atoms with van der Waals surface area (Å²) < 4.78 is 21.0. The van der Waals surface area contributed by atoms with Crippen molar-refractivity contribution in [2.75, 3.05) is 30.8 Å². The molecule has 0 aromatic heterocycles. The topological polar surface area (TPSA) is 78.1 Å². The van der Waals surface area contributed by atoms with Gasteiger partial charge >= 0.3 is 0 Å². The lowest BCUT2D eigenvalue weighted by Crippen LogP contribution is -2.21. The van der Waals surface area contributed by atoms with Crippen LogP contribution in [0.3, 0.4) is 0 Å². The van der Waals surface area contributed by atoms with E-state index in [1.807, 2.05) is 6.07 Å². The number of amides is 1. The Bertz CT molecular complexity index is 762. The van der Waals surface area contributed by atoms with Crippen LogP contribution in [0, 0.1) is 0 Å². The molecule has 0 bridgehead atoms. The number of benzene rings is 2. The summed E-state index contributed by atoms with van der Waals surface area (Å²) in [7, 11) is 0. The fraction of sp³-hybridized carbons (Fsp3) is 0.188. The van der Waals surface area contributed by atoms with Gasteiger partial charge in [0, 0.05) is 23.5 Å². The van der Waals surface area contributed by atoms with Crippen molar-refractivity contribution in [3.05, 3.63) is 36.4 Å². The third-order valence-corrected chi connectivity index (χ3v) is 3.48. The Hall–Kier alpha value is -3.09. The van der Waals surface area contributed by atoms with E-state index in [2.05, 4.69) is 10.6 Å². The Balaban J connectivity index is 1.35. The average molecular weight is 314 g/mol. The molecule has 2 N–H and O–H groups in total. The van der Waals surface area contributed by atoms with Gasteiger partial charge in [-0.25, -0.2) is 0 Å². The molecule has 2 heterocycles. The van der Waals surface area contributed by atoms with Crippen molar-refractivity contribution in [2.45, 2.75) is 0 Å². The minimum Gasteiger partial charge on any atom is -0.454 e. The molecule has 4 rings (SSSR count). The van der Waals surface area contributed by atoms with Crippen molar-refractivity contribution < 1.29 is 23.7 Å². The second-order valence-corrected chi connectivity index (χ2v) is 5.04. The minimum atomic E-state index is -0.165. The first-order valence-corrected chi connectivity index (χ1v) is 7.11. The fourth-order valence-electron chi connectivity index (χ4n) is 2.37. The predicted octanol–water partition coefficient (Wildman–Crippen LogP) is 2.19. The summed E-state index contributed by atoms with van der Waals surface area (Å²) in [5, 5.41) is 5.84. The van der Waals surface area contributed by atoms with Crippen LogP contribution >= 0.6 is 0 Å². The van der Waals surface area contributed by atoms with Crippen molar-refractivity contribution in [2.24, 2.45) is 0 Å². The lowest BCUT2D eigenvalue weighted by atomic mass is 10.2. The number of carbonyl (C=O) groups excluding carboxylic acids is 1. The second kappa shape index (κ2) is 5.60. The van der Waals surface area contributed by atoms with Crippen molar-refractivity contribution in [1.29, 1.82) is 0 Å². The molecule has 23 heavy (non-hydrogen) atoms. The van der Waals surface area contributed by atoms with Gasteiger partial charge in [0.2, 0.25) is 19.5 Å². The second-order valence-electron chi connectivity index (χ2n) is 5.04. The summed E-state index contributed by atoms with van der Waals surface area (Å²) in [6.07, 6.45) is 0. The first-order chi connectivity index (χ1) is 11.3. The molecular weight excluding hydrogens is 300 g/mol. The molecular formula is C16H14N2O5. The van der Waals surface area contributed by atoms with Gasteiger partial charge in [0.05, 0.1) is 6.54 Å². The molecule has 2 aliphatic rings. The van der Waals surface area contributed by atoms with Crippen molar-refractivity contribution in [3.8, 4) is 23.0 Å². The van der Waals surface area contributed by atoms with Crippen LogP contribution in [0.15, 0.2) is 36.4 Å². The summed E-state index contributed by atoms with van der Waals surface area (Å²) >= 11 is 0. The molecule has 7 heteroatoms. The highest BCUT2D eigenvalue weighted by atomic mass is 16.7. The Morgan fingerprint density at radius 2 is 1.39 bits per heavy atom. The monoisotopic (exact) mass is 314 g/mol. The van der Waals surface area contributed by atoms with Gasteiger partial charge in [0.15, 0.2) is 23.0 Å². The van der Waals surface area contributed by atoms with Gasteiger partial charge in [-0.05, 0) is 24.3 Å². The maximum Gasteiger partial charge on any atom is 0.243 e. The first-order valence-electron chi connectivity index (χ1n) is 7.11. The standard InChI is InChI=1S/C16H14N2O5/c19-16(18-11-2-4-13-15(6-11)23-9-21-13)7-17-10-1-3-12-14(5-10)22-8-20-12/h1-6,17H,7-9H2,(H,18,19). The van der Waals surface area contributed by atoms with Crippen LogP contribution in [-0.4, -0.2) is 26.0 Å². The van der Waals surface area contributed by atoms with Crippen LogP contribution in [0.25, 0.3) is 0 Å². The van der Waals surface area contributed by atoms with Gasteiger partial charge in [-0.15, -0.1) is 0 Å². The van der Waals surface area contributed by atoms with E-state index in [0.717, 1.165) is 5.69 Å². The van der Waals surface area contributed by atoms with Gasteiger partial charge < -0.3 is 29.6 Å². The van der Waals surface area contributed by atoms with Gasteiger partial charge in [0.1, 0.15) is 0 Å². The van der Waals surface area contributed by atoms with Crippen molar-refractivity contribution in [3.63, 3.8) is 0 Å². The van der Waals surface area contributed by atoms with Crippen LogP contribution in [-0.2, 0) is 4.79 Å². The molecule has 0 unspecified atom stereocenters. The molecule has 0 saturated carbocycles. The molecule has 2 aromatic carbocycles. The zero-order valence-electron chi connectivity index (χ0n) is 12.1. The quantitative estimate of drug-likeness (QED) is 0.901. The Morgan fingerprint density at radius 3 is 2.09 bits per heavy atom. The van der Waals surface area contributed by atoms with Crippen LogP contribution in [0.1, 0.15) is 0 Å². The third-order valence-electron chi connectivity index (χ3n) is 3.48. The van der Waals surface area contributed by atoms with Crippen molar-refractivity contribution >= 4 is 17.3 Å². The van der Waals surface area contributed by atoms with Gasteiger partial charge in [0.25, 0.3) is 0 Å². The molecule has 118 valence electrons. The Labute approximate surface area is 132 Å². The highest BCUT2D eigenvalue weighted by molar-refractivity contribution is 5.94. The molecule has 7 nitrogen and oxygen atoms in total. The molecule has 2 aromatic rings. The van der Waals surface area contributed by atoms with Crippen LogP contribution < -0.4 is 29.6 Å². The average Bonchev–Trinajstić information content (AvgIpc) is 3.20. The largest absolute Gasteiger partial charge is 0.454 e. The number of ether oxygens (including phenoxy) is 4. The molecule has 2 aliphatic heterocycles. The molecule has 0 radical (unpaired) electrons. The molecule has 0 spiro atoms. The smallest absolute Gasteiger partial charge is 0.243 e. The van der Waals surface area contributed by atoms with Gasteiger partial charge in [-0.3, -0.25) is 4.79 Å². The number of anilines is 2. The lowest BCUT2D eigenvalue weighted by Gasteiger charge is -2.09. The number of rotatable bonds is 4. The molecule has 0 saturated heterocycles. The first kappa shape index (κ1) is 13.6. The van der Waals surface area contributed by atoms with E-state index in [4.69, 9.17) is 18.9 Å². The maximum absolute atomic E-state index is 12.0. The number of carbonyl (C=O) groups is 1. The SMILES string of the molecule is O=C(CNc1ccc2c(c1)OCO2)Nc1ccc2c(c1)OCO2. The highest BCUT2D eigenvalue weighted by Gasteiger charge is 2.15. The zero-order valence-corrected chi connectivity index (χ0v) is 12.1. The van der Waals surface area contributed by atoms with E-state index in [-0.39, 0.29) is 26.0 Å². The van der Waals surface area contributed by atoms with Crippen LogP contribution in [0.2, 0.25) is 0 Å². The molecule has 0 atom stereocenters. The Morgan fingerprint density at radius 1 is 0.826 bits per heavy atom. The van der Waals surface area contributed by atoms with Crippen LogP contribution in [0.4, 0.5) is 11.4 Å². The number of fused-ring (bicyclic) bond motifs is 2. The number of hydrogen-bond acceptors (Lipinski definition) is 6. The van der Waals surface area contributed by atoms with E-state index in [1.165, 1.54) is 0 Å². The van der Waals surface area contributed by atoms with E-state index < -0.39 is 0 Å². The third kappa shape index (κ3) is 2.80. The van der Waals surface area contributed by atoms with Crippen molar-refractivity contribution in [1.82, 2.24) is 0 Å². The maximum atomic E-state index is 12.0.